The molecule has 1 atom stereocenters. The number of aromatic nitrogens is 3. The maximum Gasteiger partial charge on any atom is 0.191 e. The summed E-state index contributed by atoms with van der Waals surface area (Å²) < 4.78 is 2.13. The molecule has 0 saturated carbocycles. The van der Waals surface area contributed by atoms with Gasteiger partial charge in [-0.2, -0.15) is 0 Å². The van der Waals surface area contributed by atoms with Gasteiger partial charge in [-0.05, 0) is 18.9 Å². The predicted molar refractivity (Wildman–Crippen MR) is 78.9 cm³/mol. The van der Waals surface area contributed by atoms with Gasteiger partial charge < -0.3 is 10.3 Å². The van der Waals surface area contributed by atoms with E-state index < -0.39 is 0 Å². The van der Waals surface area contributed by atoms with Crippen LogP contribution < -0.4 is 5.73 Å². The third-order valence-electron chi connectivity index (χ3n) is 2.97. The van der Waals surface area contributed by atoms with Crippen LogP contribution in [0.4, 0.5) is 0 Å². The van der Waals surface area contributed by atoms with Crippen LogP contribution in [0.5, 0.6) is 0 Å². The van der Waals surface area contributed by atoms with Gasteiger partial charge in [-0.15, -0.1) is 10.2 Å². The molecule has 1 aromatic heterocycles. The lowest BCUT2D eigenvalue weighted by Gasteiger charge is -2.12. The van der Waals surface area contributed by atoms with Gasteiger partial charge in [-0.25, -0.2) is 0 Å². The van der Waals surface area contributed by atoms with Gasteiger partial charge in [0.15, 0.2) is 5.16 Å². The first-order valence-corrected chi connectivity index (χ1v) is 7.48. The summed E-state index contributed by atoms with van der Waals surface area (Å²) in [5.41, 5.74) is 7.00. The maximum atomic E-state index is 5.70. The van der Waals surface area contributed by atoms with Crippen molar-refractivity contribution in [2.45, 2.75) is 43.8 Å². The predicted octanol–water partition coefficient (Wildman–Crippen LogP) is 3.00. The van der Waals surface area contributed by atoms with Crippen molar-refractivity contribution < 1.29 is 0 Å². The molecule has 0 bridgehead atoms. The number of rotatable bonds is 6. The van der Waals surface area contributed by atoms with Crippen molar-refractivity contribution in [2.75, 3.05) is 0 Å². The van der Waals surface area contributed by atoms with E-state index in [0.29, 0.717) is 11.8 Å². The molecule has 4 nitrogen and oxygen atoms in total. The first-order chi connectivity index (χ1) is 9.26. The smallest absolute Gasteiger partial charge is 0.191 e. The van der Waals surface area contributed by atoms with Crippen LogP contribution in [-0.2, 0) is 13.1 Å². The van der Waals surface area contributed by atoms with Crippen molar-refractivity contribution >= 4 is 11.8 Å². The van der Waals surface area contributed by atoms with Crippen molar-refractivity contribution in [2.24, 2.45) is 5.73 Å². The van der Waals surface area contributed by atoms with Crippen LogP contribution in [0.1, 0.15) is 36.9 Å². The summed E-state index contributed by atoms with van der Waals surface area (Å²) in [7, 11) is 0. The summed E-state index contributed by atoms with van der Waals surface area (Å²) in [5.74, 6) is 0.865. The highest BCUT2D eigenvalue weighted by molar-refractivity contribution is 7.99. The van der Waals surface area contributed by atoms with Gasteiger partial charge >= 0.3 is 0 Å². The number of thioether (sulfide) groups is 1. The Morgan fingerprint density at radius 2 is 2.00 bits per heavy atom. The second-order valence-electron chi connectivity index (χ2n) is 4.43. The molecular formula is C14H20N4S. The van der Waals surface area contributed by atoms with Crippen LogP contribution in [0.25, 0.3) is 0 Å². The summed E-state index contributed by atoms with van der Waals surface area (Å²) in [6, 6.07) is 10.4. The average Bonchev–Trinajstić information content (AvgIpc) is 2.82. The van der Waals surface area contributed by atoms with Crippen LogP contribution in [-0.4, -0.2) is 14.8 Å². The summed E-state index contributed by atoms with van der Waals surface area (Å²) in [6.45, 7) is 5.69. The fourth-order valence-corrected chi connectivity index (χ4v) is 2.98. The van der Waals surface area contributed by atoms with Gasteiger partial charge in [0.2, 0.25) is 0 Å². The third-order valence-corrected chi connectivity index (χ3v) is 4.11. The third kappa shape index (κ3) is 3.36. The van der Waals surface area contributed by atoms with E-state index >= 15 is 0 Å². The van der Waals surface area contributed by atoms with Gasteiger partial charge in [0, 0.05) is 11.8 Å². The summed E-state index contributed by atoms with van der Waals surface area (Å²) in [5, 5.41) is 9.74. The Morgan fingerprint density at radius 3 is 2.63 bits per heavy atom. The second kappa shape index (κ2) is 6.73. The molecule has 0 radical (unpaired) electrons. The minimum atomic E-state index is 0.353. The Labute approximate surface area is 118 Å². The second-order valence-corrected chi connectivity index (χ2v) is 5.73. The lowest BCUT2D eigenvalue weighted by Crippen LogP contribution is -2.09. The lowest BCUT2D eigenvalue weighted by molar-refractivity contribution is 0.591. The van der Waals surface area contributed by atoms with Gasteiger partial charge in [-0.3, -0.25) is 0 Å². The van der Waals surface area contributed by atoms with E-state index in [0.717, 1.165) is 23.9 Å². The molecule has 0 aliphatic rings. The van der Waals surface area contributed by atoms with E-state index in [4.69, 9.17) is 5.73 Å². The highest BCUT2D eigenvalue weighted by Gasteiger charge is 2.15. The molecule has 2 rings (SSSR count). The van der Waals surface area contributed by atoms with Gasteiger partial charge in [0.25, 0.3) is 0 Å². The molecule has 0 saturated heterocycles. The Kier molecular flexibility index (Phi) is 4.99. The average molecular weight is 276 g/mol. The maximum absolute atomic E-state index is 5.70. The topological polar surface area (TPSA) is 56.7 Å². The van der Waals surface area contributed by atoms with Crippen molar-refractivity contribution in [3.8, 4) is 0 Å². The first-order valence-electron chi connectivity index (χ1n) is 6.60. The van der Waals surface area contributed by atoms with Crippen LogP contribution in [0.2, 0.25) is 0 Å². The lowest BCUT2D eigenvalue weighted by atomic mass is 10.2. The molecule has 0 fully saturated rings. The minimum absolute atomic E-state index is 0.353. The normalized spacial score (nSPS) is 12.6. The molecule has 0 aliphatic heterocycles. The Balaban J connectivity index is 2.17. The Hall–Kier alpha value is -1.33. The number of hydrogen-bond donors (Lipinski definition) is 1. The van der Waals surface area contributed by atoms with E-state index in [-0.39, 0.29) is 0 Å². The van der Waals surface area contributed by atoms with E-state index in [1.807, 2.05) is 6.07 Å². The highest BCUT2D eigenvalue weighted by Crippen LogP contribution is 2.33. The van der Waals surface area contributed by atoms with Crippen LogP contribution in [0.3, 0.4) is 0 Å². The van der Waals surface area contributed by atoms with Crippen LogP contribution in [0.15, 0.2) is 35.5 Å². The van der Waals surface area contributed by atoms with E-state index in [1.54, 1.807) is 11.8 Å². The van der Waals surface area contributed by atoms with E-state index in [2.05, 4.69) is 52.9 Å². The molecule has 1 heterocycles. The first kappa shape index (κ1) is 14.1. The molecule has 1 aromatic carbocycles. The standard InChI is InChI=1S/C14H20N4S/c1-3-9-18-13(10-15)16-17-14(18)19-11(2)12-7-5-4-6-8-12/h4-8,11H,3,9-10,15H2,1-2H3. The molecule has 19 heavy (non-hydrogen) atoms. The van der Waals surface area contributed by atoms with Crippen molar-refractivity contribution in [1.29, 1.82) is 0 Å². The zero-order valence-corrected chi connectivity index (χ0v) is 12.2. The fourth-order valence-electron chi connectivity index (χ4n) is 1.96. The summed E-state index contributed by atoms with van der Waals surface area (Å²) >= 11 is 1.73. The molecule has 5 heteroatoms. The molecule has 2 N–H and O–H groups in total. The van der Waals surface area contributed by atoms with Crippen LogP contribution >= 0.6 is 11.8 Å². The monoisotopic (exact) mass is 276 g/mol. The Morgan fingerprint density at radius 1 is 1.26 bits per heavy atom. The molecule has 0 amide bonds. The molecular weight excluding hydrogens is 256 g/mol. The molecule has 1 unspecified atom stereocenters. The zero-order valence-electron chi connectivity index (χ0n) is 11.4. The molecule has 0 spiro atoms. The van der Waals surface area contributed by atoms with Gasteiger partial charge in [0.1, 0.15) is 5.82 Å². The molecule has 102 valence electrons. The summed E-state index contributed by atoms with van der Waals surface area (Å²) in [4.78, 5) is 0. The summed E-state index contributed by atoms with van der Waals surface area (Å²) in [6.07, 6.45) is 1.05. The SMILES string of the molecule is CCCn1c(CN)nnc1SC(C)c1ccccc1. The van der Waals surface area contributed by atoms with Crippen molar-refractivity contribution in [3.05, 3.63) is 41.7 Å². The zero-order chi connectivity index (χ0) is 13.7. The van der Waals surface area contributed by atoms with Crippen molar-refractivity contribution in [3.63, 3.8) is 0 Å². The largest absolute Gasteiger partial charge is 0.324 e. The fraction of sp³-hybridized carbons (Fsp3) is 0.429. The molecule has 0 aliphatic carbocycles. The number of hydrogen-bond acceptors (Lipinski definition) is 4. The van der Waals surface area contributed by atoms with Gasteiger partial charge in [0.05, 0.1) is 6.54 Å². The Bertz CT molecular complexity index is 509. The van der Waals surface area contributed by atoms with Gasteiger partial charge in [-0.1, -0.05) is 49.0 Å². The van der Waals surface area contributed by atoms with E-state index in [1.165, 1.54) is 5.56 Å². The van der Waals surface area contributed by atoms with Crippen molar-refractivity contribution in [1.82, 2.24) is 14.8 Å². The number of nitrogens with zero attached hydrogens (tertiary/aromatic N) is 3. The number of benzene rings is 1. The number of nitrogens with two attached hydrogens (primary N) is 1. The highest BCUT2D eigenvalue weighted by atomic mass is 32.2. The minimum Gasteiger partial charge on any atom is -0.324 e. The van der Waals surface area contributed by atoms with E-state index in [9.17, 15) is 0 Å². The quantitative estimate of drug-likeness (QED) is 0.824. The molecule has 2 aromatic rings. The van der Waals surface area contributed by atoms with Crippen LogP contribution in [0, 0.1) is 0 Å².